The highest BCUT2D eigenvalue weighted by atomic mass is 31.0. The van der Waals surface area contributed by atoms with Crippen LogP contribution in [0.1, 0.15) is 27.0 Å². The molecule has 0 aliphatic carbocycles. The van der Waals surface area contributed by atoms with Crippen molar-refractivity contribution in [1.82, 2.24) is 0 Å². The van der Waals surface area contributed by atoms with Gasteiger partial charge in [-0.05, 0) is 59.7 Å². The van der Waals surface area contributed by atoms with Crippen molar-refractivity contribution in [1.29, 1.82) is 0 Å². The summed E-state index contributed by atoms with van der Waals surface area (Å²) >= 11 is 0. The minimum atomic E-state index is -1.13. The molecule has 124 valence electrons. The van der Waals surface area contributed by atoms with E-state index < -0.39 is 5.97 Å². The van der Waals surface area contributed by atoms with Crippen LogP contribution < -0.4 is 0 Å². The van der Waals surface area contributed by atoms with Gasteiger partial charge in [0.25, 0.3) is 0 Å². The molecule has 0 N–H and O–H groups in total. The average Bonchev–Trinajstić information content (AvgIpc) is 2.56. The number of hydrogen-bond acceptors (Lipinski definition) is 1. The van der Waals surface area contributed by atoms with Gasteiger partial charge in [0.1, 0.15) is 0 Å². The van der Waals surface area contributed by atoms with Gasteiger partial charge in [0.15, 0.2) is 0 Å². The summed E-state index contributed by atoms with van der Waals surface area (Å²) < 4.78 is 0. The van der Waals surface area contributed by atoms with Gasteiger partial charge in [-0.3, -0.25) is 0 Å². The third kappa shape index (κ3) is 3.36. The Hall–Kier alpha value is -2.44. The van der Waals surface area contributed by atoms with Gasteiger partial charge >= 0.3 is 5.97 Å². The van der Waals surface area contributed by atoms with Crippen LogP contribution in [0.2, 0.25) is 0 Å². The summed E-state index contributed by atoms with van der Waals surface area (Å²) in [5.41, 5.74) is 6.88. The van der Waals surface area contributed by atoms with Gasteiger partial charge in [0.05, 0.1) is 5.56 Å². The highest BCUT2D eigenvalue weighted by Gasteiger charge is 2.23. The van der Waals surface area contributed by atoms with E-state index in [-0.39, 0.29) is 9.90 Å². The van der Waals surface area contributed by atoms with E-state index in [4.69, 9.17) is 0 Å². The first kappa shape index (κ1) is 18.9. The predicted molar refractivity (Wildman–Crippen MR) is 103 cm³/mol. The Labute approximate surface area is 152 Å². The molecular formula is C22H19O2P. The smallest absolute Gasteiger partial charge is 0.241 e. The van der Waals surface area contributed by atoms with Gasteiger partial charge in [-0.25, -0.2) is 9.90 Å². The summed E-state index contributed by atoms with van der Waals surface area (Å²) in [4.78, 5) is 11.8. The molecule has 0 saturated heterocycles. The summed E-state index contributed by atoms with van der Waals surface area (Å²) in [6, 6.07) is 19.8. The number of carbonyl (C=O) groups is 1. The van der Waals surface area contributed by atoms with Gasteiger partial charge in [0, 0.05) is 9.90 Å². The van der Waals surface area contributed by atoms with Crippen molar-refractivity contribution < 1.29 is 9.90 Å². The first-order chi connectivity index (χ1) is 11.5. The maximum absolute atomic E-state index is 11.8. The fraction of sp³-hybridized carbons (Fsp3) is 0.136. The van der Waals surface area contributed by atoms with Crippen molar-refractivity contribution in [3.8, 4) is 22.3 Å². The minimum absolute atomic E-state index is 0. The monoisotopic (exact) mass is 346 g/mol. The highest BCUT2D eigenvalue weighted by molar-refractivity contribution is 6.92. The summed E-state index contributed by atoms with van der Waals surface area (Å²) in [5.74, 6) is -1.13. The van der Waals surface area contributed by atoms with Crippen LogP contribution in [0.4, 0.5) is 0 Å². The van der Waals surface area contributed by atoms with E-state index in [1.807, 2.05) is 74.5 Å². The fourth-order valence-corrected chi connectivity index (χ4v) is 3.60. The first-order valence-electron chi connectivity index (χ1n) is 7.98. The average molecular weight is 346 g/mol. The van der Waals surface area contributed by atoms with Crippen molar-refractivity contribution in [2.75, 3.05) is 0 Å². The van der Waals surface area contributed by atoms with Crippen molar-refractivity contribution in [3.05, 3.63) is 82.9 Å². The summed E-state index contributed by atoms with van der Waals surface area (Å²) in [7, 11) is 0. The second-order valence-corrected chi connectivity index (χ2v) is 6.02. The molecular weight excluding hydrogens is 327 g/mol. The Morgan fingerprint density at radius 1 is 0.640 bits per heavy atom. The molecule has 25 heavy (non-hydrogen) atoms. The predicted octanol–water partition coefficient (Wildman–Crippen LogP) is 6.38. The maximum atomic E-state index is 11.8. The van der Waals surface area contributed by atoms with Crippen molar-refractivity contribution >= 4 is 15.9 Å². The van der Waals surface area contributed by atoms with Crippen LogP contribution in [0.5, 0.6) is 0 Å². The molecule has 0 aromatic heterocycles. The van der Waals surface area contributed by atoms with Gasteiger partial charge in [-0.2, -0.15) is 0 Å². The number of rotatable bonds is 3. The molecule has 2 nitrogen and oxygen atoms in total. The van der Waals surface area contributed by atoms with Crippen LogP contribution in [0, 0.1) is 20.8 Å². The number of benzene rings is 3. The zero-order chi connectivity index (χ0) is 17.3. The van der Waals surface area contributed by atoms with Gasteiger partial charge in [-0.15, -0.1) is 0 Å². The normalized spacial score (nSPS) is 10.2. The van der Waals surface area contributed by atoms with Crippen molar-refractivity contribution in [3.63, 3.8) is 0 Å². The second-order valence-electron chi connectivity index (χ2n) is 6.02. The quantitative estimate of drug-likeness (QED) is 0.507. The third-order valence-corrected chi connectivity index (χ3v) is 4.58. The lowest BCUT2D eigenvalue weighted by Crippen LogP contribution is -2.07. The molecule has 0 unspecified atom stereocenters. The number of carbonyl (C=O) groups excluding carboxylic acids is 1. The van der Waals surface area contributed by atoms with Gasteiger partial charge in [0.2, 0.25) is 0 Å². The topological polar surface area (TPSA) is 37.0 Å². The standard InChI is InChI=1S/C22H19O2.P/c1-14-19(17-10-6-4-7-11-17)15(2)21(22(23)24)16(3)20(14)18-12-8-5-9-13-18;/h4-13H,1-3H3;. The highest BCUT2D eigenvalue weighted by Crippen LogP contribution is 2.39. The van der Waals surface area contributed by atoms with Crippen LogP contribution in [-0.2, 0) is 5.11 Å². The maximum Gasteiger partial charge on any atom is 0.386 e. The Morgan fingerprint density at radius 3 is 1.32 bits per heavy atom. The van der Waals surface area contributed by atoms with Crippen molar-refractivity contribution in [2.24, 2.45) is 0 Å². The zero-order valence-electron chi connectivity index (χ0n) is 14.5. The molecule has 0 spiro atoms. The lowest BCUT2D eigenvalue weighted by molar-refractivity contribution is 0.0571. The molecule has 0 aliphatic heterocycles. The molecule has 0 amide bonds. The van der Waals surface area contributed by atoms with Crippen LogP contribution >= 0.6 is 9.90 Å². The zero-order valence-corrected chi connectivity index (χ0v) is 15.4. The van der Waals surface area contributed by atoms with E-state index in [1.165, 1.54) is 0 Å². The van der Waals surface area contributed by atoms with E-state index in [9.17, 15) is 9.90 Å². The Kier molecular flexibility index (Phi) is 5.77. The number of hydrogen-bond donors (Lipinski definition) is 0. The van der Waals surface area contributed by atoms with Crippen LogP contribution in [-0.4, -0.2) is 5.97 Å². The van der Waals surface area contributed by atoms with E-state index in [0.29, 0.717) is 5.56 Å². The van der Waals surface area contributed by atoms with E-state index in [2.05, 4.69) is 6.92 Å². The second kappa shape index (κ2) is 7.63. The summed E-state index contributed by atoms with van der Waals surface area (Å²) in [5, 5.41) is 11.8. The van der Waals surface area contributed by atoms with Gasteiger partial charge in [-0.1, -0.05) is 60.7 Å². The molecule has 3 heteroatoms. The molecule has 3 aromatic rings. The summed E-state index contributed by atoms with van der Waals surface area (Å²) in [6.45, 7) is 5.79. The molecule has 0 fully saturated rings. The van der Waals surface area contributed by atoms with Crippen LogP contribution in [0.25, 0.3) is 22.3 Å². The Bertz CT molecular complexity index is 834. The van der Waals surface area contributed by atoms with E-state index >= 15 is 0 Å². The molecule has 0 aliphatic rings. The molecule has 0 atom stereocenters. The first-order valence-corrected chi connectivity index (χ1v) is 7.98. The van der Waals surface area contributed by atoms with Gasteiger partial charge < -0.3 is 0 Å². The SMILES string of the molecule is Cc1c(C([O])=O)c(C)c(-c2ccccc2)c(C)c1-c1ccccc1.[P]. The van der Waals surface area contributed by atoms with Crippen LogP contribution in [0.3, 0.4) is 0 Å². The largest absolute Gasteiger partial charge is 0.386 e. The molecule has 0 bridgehead atoms. The van der Waals surface area contributed by atoms with Crippen molar-refractivity contribution in [2.45, 2.75) is 20.8 Å². The summed E-state index contributed by atoms with van der Waals surface area (Å²) in [6.07, 6.45) is 0. The minimum Gasteiger partial charge on any atom is -0.241 e. The molecule has 3 rings (SSSR count). The Morgan fingerprint density at radius 2 is 1.00 bits per heavy atom. The Balaban J connectivity index is 0.00000225. The molecule has 0 saturated carbocycles. The lowest BCUT2D eigenvalue weighted by Gasteiger charge is -2.20. The van der Waals surface area contributed by atoms with E-state index in [0.717, 1.165) is 38.9 Å². The molecule has 0 heterocycles. The molecule has 4 radical (unpaired) electrons. The van der Waals surface area contributed by atoms with Crippen LogP contribution in [0.15, 0.2) is 60.7 Å². The lowest BCUT2D eigenvalue weighted by atomic mass is 9.83. The molecule has 3 aromatic carbocycles. The van der Waals surface area contributed by atoms with E-state index in [1.54, 1.807) is 0 Å². The fourth-order valence-electron chi connectivity index (χ4n) is 3.60. The third-order valence-electron chi connectivity index (χ3n) is 4.58.